The molecule has 0 aliphatic heterocycles. The molecule has 0 radical (unpaired) electrons. The third-order valence-corrected chi connectivity index (χ3v) is 11.3. The van der Waals surface area contributed by atoms with E-state index in [2.05, 4.69) is 180 Å². The van der Waals surface area contributed by atoms with Crippen LogP contribution in [0.1, 0.15) is 22.3 Å². The van der Waals surface area contributed by atoms with Gasteiger partial charge in [-0.1, -0.05) is 133 Å². The summed E-state index contributed by atoms with van der Waals surface area (Å²) in [6.07, 6.45) is 6.60. The molecule has 10 aromatic rings. The van der Waals surface area contributed by atoms with Crippen LogP contribution in [-0.2, 0) is 5.41 Å². The van der Waals surface area contributed by atoms with Gasteiger partial charge in [0.15, 0.2) is 0 Å². The van der Waals surface area contributed by atoms with E-state index in [1.807, 2.05) is 0 Å². The van der Waals surface area contributed by atoms with Gasteiger partial charge >= 0.3 is 0 Å². The van der Waals surface area contributed by atoms with Gasteiger partial charge in [0, 0.05) is 11.1 Å². The first-order chi connectivity index (χ1) is 27.3. The maximum atomic E-state index is 5.64. The van der Waals surface area contributed by atoms with Gasteiger partial charge in [-0.05, 0) is 114 Å². The lowest BCUT2D eigenvalue weighted by atomic mass is 9.66. The van der Waals surface area contributed by atoms with Gasteiger partial charge in [-0.2, -0.15) is 0 Å². The van der Waals surface area contributed by atoms with Crippen LogP contribution in [0.2, 0.25) is 0 Å². The van der Waals surface area contributed by atoms with E-state index >= 15 is 0 Å². The topological polar surface area (TPSA) is 52.1 Å². The average Bonchev–Trinajstić information content (AvgIpc) is 4.06. The molecule has 8 aromatic carbocycles. The van der Waals surface area contributed by atoms with Gasteiger partial charge < -0.3 is 8.83 Å². The van der Waals surface area contributed by atoms with Crippen LogP contribution in [-0.4, -0.2) is 9.97 Å². The van der Waals surface area contributed by atoms with Crippen molar-refractivity contribution in [3.8, 4) is 56.3 Å². The monoisotopic (exact) mass is 704 g/mol. The fourth-order valence-corrected chi connectivity index (χ4v) is 8.99. The molecule has 0 fully saturated rings. The van der Waals surface area contributed by atoms with E-state index in [0.717, 1.165) is 22.3 Å². The smallest absolute Gasteiger partial charge is 0.225 e. The molecule has 55 heavy (non-hydrogen) atoms. The molecule has 0 saturated carbocycles. The van der Waals surface area contributed by atoms with Crippen LogP contribution in [0, 0.1) is 0 Å². The fourth-order valence-electron chi connectivity index (χ4n) is 8.99. The quantitative estimate of drug-likeness (QED) is 0.173. The lowest BCUT2D eigenvalue weighted by Gasteiger charge is -2.34. The highest BCUT2D eigenvalue weighted by molar-refractivity contribution is 6.17. The number of oxazole rings is 2. The third kappa shape index (κ3) is 4.71. The molecule has 11 rings (SSSR count). The Hall–Kier alpha value is -7.30. The van der Waals surface area contributed by atoms with Gasteiger partial charge in [0.25, 0.3) is 0 Å². The van der Waals surface area contributed by atoms with Gasteiger partial charge in [-0.15, -0.1) is 0 Å². The number of rotatable bonds is 6. The summed E-state index contributed by atoms with van der Waals surface area (Å²) in [6, 6.07) is 62.0. The highest BCUT2D eigenvalue weighted by atomic mass is 16.3. The zero-order chi connectivity index (χ0) is 36.3. The second-order valence-electron chi connectivity index (χ2n) is 14.1. The Kier molecular flexibility index (Phi) is 7.04. The maximum Gasteiger partial charge on any atom is 0.225 e. The van der Waals surface area contributed by atoms with Crippen molar-refractivity contribution >= 4 is 21.5 Å². The first kappa shape index (κ1) is 31.2. The Balaban J connectivity index is 1.26. The van der Waals surface area contributed by atoms with Crippen LogP contribution in [0.4, 0.5) is 0 Å². The minimum absolute atomic E-state index is 0.614. The summed E-state index contributed by atoms with van der Waals surface area (Å²) >= 11 is 0. The van der Waals surface area contributed by atoms with E-state index < -0.39 is 5.41 Å². The van der Waals surface area contributed by atoms with E-state index in [1.54, 1.807) is 24.9 Å². The summed E-state index contributed by atoms with van der Waals surface area (Å²) in [6.45, 7) is 0. The van der Waals surface area contributed by atoms with E-state index in [-0.39, 0.29) is 0 Å². The lowest BCUT2D eigenvalue weighted by molar-refractivity contribution is 0.574. The van der Waals surface area contributed by atoms with Crippen LogP contribution in [0.25, 0.3) is 77.8 Å². The second kappa shape index (κ2) is 12.4. The van der Waals surface area contributed by atoms with Crippen molar-refractivity contribution < 1.29 is 8.83 Å². The van der Waals surface area contributed by atoms with Crippen molar-refractivity contribution in [2.75, 3.05) is 0 Å². The molecule has 1 aliphatic carbocycles. The molecule has 2 heterocycles. The Morgan fingerprint density at radius 1 is 0.364 bits per heavy atom. The molecule has 0 bridgehead atoms. The van der Waals surface area contributed by atoms with Gasteiger partial charge in [0.05, 0.1) is 17.8 Å². The molecule has 0 unspecified atom stereocenters. The number of nitrogens with zero attached hydrogens (tertiary/aromatic N) is 2. The predicted molar refractivity (Wildman–Crippen MR) is 221 cm³/mol. The summed E-state index contributed by atoms with van der Waals surface area (Å²) in [7, 11) is 0. The molecule has 2 aromatic heterocycles. The normalized spacial score (nSPS) is 12.9. The van der Waals surface area contributed by atoms with Crippen LogP contribution in [0.15, 0.2) is 204 Å². The standard InChI is InChI=1S/C51H32N2O2/c1-3-11-37(12-4-1)51(38-13-5-2-6-14-38)45-31-43(33-19-23-35(24-20-33)49-52-27-29-54-49)39-15-7-9-17-41(39)47(45)48-42-18-10-8-16-40(42)44(32-46(48)51)34-21-25-36(26-22-34)50-53-28-30-55-50/h1-32H. The molecule has 0 spiro atoms. The minimum atomic E-state index is -0.624. The van der Waals surface area contributed by atoms with E-state index in [1.165, 1.54) is 66.1 Å². The SMILES string of the molecule is c1ccc(C2(c3ccccc3)c3cc(-c4ccc(-c5ncco5)cc4)c4ccccc4c3-c3c2cc(-c2ccc(-c4ncco4)cc2)c2ccccc32)cc1. The average molecular weight is 705 g/mol. The first-order valence-electron chi connectivity index (χ1n) is 18.5. The Morgan fingerprint density at radius 3 is 1.11 bits per heavy atom. The lowest BCUT2D eigenvalue weighted by Crippen LogP contribution is -2.28. The molecule has 4 heteroatoms. The summed E-state index contributed by atoms with van der Waals surface area (Å²) in [5, 5.41) is 4.89. The van der Waals surface area contributed by atoms with Crippen molar-refractivity contribution in [2.45, 2.75) is 5.41 Å². The van der Waals surface area contributed by atoms with Gasteiger partial charge in [-0.25, -0.2) is 9.97 Å². The molecular weight excluding hydrogens is 673 g/mol. The predicted octanol–water partition coefficient (Wildman–Crippen LogP) is 13.0. The number of fused-ring (bicyclic) bond motifs is 7. The molecule has 0 saturated heterocycles. The number of benzene rings is 8. The second-order valence-corrected chi connectivity index (χ2v) is 14.1. The molecular formula is C51H32N2O2. The van der Waals surface area contributed by atoms with Crippen molar-refractivity contribution in [1.82, 2.24) is 9.97 Å². The van der Waals surface area contributed by atoms with Crippen LogP contribution < -0.4 is 0 Å². The maximum absolute atomic E-state index is 5.64. The molecule has 0 atom stereocenters. The van der Waals surface area contributed by atoms with Gasteiger partial charge in [0.2, 0.25) is 11.8 Å². The van der Waals surface area contributed by atoms with Crippen molar-refractivity contribution in [3.63, 3.8) is 0 Å². The fraction of sp³-hybridized carbons (Fsp3) is 0.0196. The summed E-state index contributed by atoms with van der Waals surface area (Å²) in [5.74, 6) is 1.23. The van der Waals surface area contributed by atoms with Crippen molar-refractivity contribution in [1.29, 1.82) is 0 Å². The van der Waals surface area contributed by atoms with Gasteiger partial charge in [0.1, 0.15) is 12.5 Å². The first-order valence-corrected chi connectivity index (χ1v) is 18.5. The Bertz CT molecular complexity index is 2780. The summed E-state index contributed by atoms with van der Waals surface area (Å²) in [4.78, 5) is 8.78. The highest BCUT2D eigenvalue weighted by Crippen LogP contribution is 2.61. The molecule has 0 amide bonds. The van der Waals surface area contributed by atoms with Crippen LogP contribution in [0.3, 0.4) is 0 Å². The van der Waals surface area contributed by atoms with Crippen LogP contribution >= 0.6 is 0 Å². The van der Waals surface area contributed by atoms with E-state index in [9.17, 15) is 0 Å². The van der Waals surface area contributed by atoms with Crippen LogP contribution in [0.5, 0.6) is 0 Å². The van der Waals surface area contributed by atoms with E-state index in [4.69, 9.17) is 8.83 Å². The third-order valence-electron chi connectivity index (χ3n) is 11.3. The number of aromatic nitrogens is 2. The number of hydrogen-bond acceptors (Lipinski definition) is 4. The largest absolute Gasteiger partial charge is 0.445 e. The molecule has 0 N–H and O–H groups in total. The zero-order valence-electron chi connectivity index (χ0n) is 29.7. The Labute approximate surface area is 318 Å². The zero-order valence-corrected chi connectivity index (χ0v) is 29.7. The van der Waals surface area contributed by atoms with Crippen molar-refractivity contribution in [2.24, 2.45) is 0 Å². The Morgan fingerprint density at radius 2 is 0.727 bits per heavy atom. The highest BCUT2D eigenvalue weighted by Gasteiger charge is 2.48. The summed E-state index contributed by atoms with van der Waals surface area (Å²) < 4.78 is 11.3. The summed E-state index contributed by atoms with van der Waals surface area (Å²) in [5.41, 5.74) is 13.5. The molecule has 4 nitrogen and oxygen atoms in total. The van der Waals surface area contributed by atoms with Crippen molar-refractivity contribution in [3.05, 3.63) is 217 Å². The molecule has 1 aliphatic rings. The van der Waals surface area contributed by atoms with E-state index in [0.29, 0.717) is 11.8 Å². The minimum Gasteiger partial charge on any atom is -0.445 e. The number of hydrogen-bond donors (Lipinski definition) is 0. The molecule has 258 valence electrons. The van der Waals surface area contributed by atoms with Gasteiger partial charge in [-0.3, -0.25) is 0 Å².